The van der Waals surface area contributed by atoms with Crippen molar-refractivity contribution >= 4 is 21.6 Å². The van der Waals surface area contributed by atoms with Gasteiger partial charge in [-0.3, -0.25) is 9.52 Å². The molecule has 1 atom stereocenters. The molecule has 1 aliphatic rings. The first-order valence-electron chi connectivity index (χ1n) is 8.10. The van der Waals surface area contributed by atoms with E-state index in [1.54, 1.807) is 31.2 Å². The number of carbonyl (C=O) groups is 1. The van der Waals surface area contributed by atoms with Gasteiger partial charge in [0, 0.05) is 6.54 Å². The average molecular weight is 339 g/mol. The Balaban J connectivity index is 2.02. The highest BCUT2D eigenvalue weighted by Gasteiger charge is 2.18. The van der Waals surface area contributed by atoms with Crippen LogP contribution in [0.25, 0.3) is 0 Å². The Morgan fingerprint density at radius 3 is 2.83 bits per heavy atom. The van der Waals surface area contributed by atoms with Crippen LogP contribution in [0.1, 0.15) is 36.5 Å². The summed E-state index contributed by atoms with van der Waals surface area (Å²) >= 11 is 0. The highest BCUT2D eigenvalue weighted by molar-refractivity contribution is 7.92. The van der Waals surface area contributed by atoms with Gasteiger partial charge in [-0.15, -0.1) is 0 Å². The van der Waals surface area contributed by atoms with Gasteiger partial charge in [-0.1, -0.05) is 19.1 Å². The molecule has 0 spiro atoms. The first-order valence-corrected chi connectivity index (χ1v) is 9.75. The molecule has 1 fully saturated rings. The van der Waals surface area contributed by atoms with Crippen LogP contribution < -0.4 is 15.4 Å². The number of piperidine rings is 1. The monoisotopic (exact) mass is 339 g/mol. The molecule has 1 unspecified atom stereocenters. The van der Waals surface area contributed by atoms with Crippen LogP contribution in [0.3, 0.4) is 0 Å². The fraction of sp³-hybridized carbons (Fsp3) is 0.562. The van der Waals surface area contributed by atoms with Crippen LogP contribution >= 0.6 is 0 Å². The minimum Gasteiger partial charge on any atom is -0.352 e. The van der Waals surface area contributed by atoms with Crippen LogP contribution in [0.4, 0.5) is 5.69 Å². The summed E-state index contributed by atoms with van der Waals surface area (Å²) in [5, 5.41) is 6.22. The second-order valence-corrected chi connectivity index (χ2v) is 7.73. The third-order valence-electron chi connectivity index (χ3n) is 3.86. The highest BCUT2D eigenvalue weighted by atomic mass is 32.2. The average Bonchev–Trinajstić information content (AvgIpc) is 2.53. The molecule has 1 aromatic carbocycles. The second-order valence-electron chi connectivity index (χ2n) is 5.89. The van der Waals surface area contributed by atoms with E-state index in [2.05, 4.69) is 15.4 Å². The lowest BCUT2D eigenvalue weighted by Crippen LogP contribution is -2.38. The maximum atomic E-state index is 12.4. The lowest BCUT2D eigenvalue weighted by Gasteiger charge is -2.23. The topological polar surface area (TPSA) is 87.3 Å². The van der Waals surface area contributed by atoms with Crippen molar-refractivity contribution in [3.63, 3.8) is 0 Å². The zero-order chi connectivity index (χ0) is 16.7. The molecule has 23 heavy (non-hydrogen) atoms. The largest absolute Gasteiger partial charge is 0.352 e. The van der Waals surface area contributed by atoms with E-state index in [1.807, 2.05) is 0 Å². The Kier molecular flexibility index (Phi) is 6.41. The molecule has 1 aliphatic heterocycles. The normalized spacial score (nSPS) is 18.4. The molecule has 7 heteroatoms. The van der Waals surface area contributed by atoms with E-state index in [4.69, 9.17) is 0 Å². The Morgan fingerprint density at radius 2 is 2.13 bits per heavy atom. The molecule has 2 rings (SSSR count). The number of carbonyl (C=O) groups excluding carboxylic acids is 1. The molecule has 0 saturated carbocycles. The van der Waals surface area contributed by atoms with Crippen LogP contribution in [0.15, 0.2) is 24.3 Å². The quantitative estimate of drug-likeness (QED) is 0.704. The standard InChI is InChI=1S/C16H25N3O3S/c1-2-10-23(21,22)19-15-8-4-3-7-14(15)16(20)18-12-13-6-5-9-17-11-13/h3-4,7-8,13,17,19H,2,5-6,9-12H2,1H3,(H,18,20). The Morgan fingerprint density at radius 1 is 1.35 bits per heavy atom. The minimum atomic E-state index is -3.42. The fourth-order valence-corrected chi connectivity index (χ4v) is 3.84. The van der Waals surface area contributed by atoms with Gasteiger partial charge in [0.2, 0.25) is 10.0 Å². The fourth-order valence-electron chi connectivity index (χ4n) is 2.69. The number of amides is 1. The SMILES string of the molecule is CCCS(=O)(=O)Nc1ccccc1C(=O)NCC1CCCNC1. The predicted octanol–water partition coefficient (Wildman–Crippen LogP) is 1.57. The molecule has 0 aliphatic carbocycles. The summed E-state index contributed by atoms with van der Waals surface area (Å²) in [7, 11) is -3.42. The third-order valence-corrected chi connectivity index (χ3v) is 5.34. The number of hydrogen-bond donors (Lipinski definition) is 3. The number of rotatable bonds is 7. The summed E-state index contributed by atoms with van der Waals surface area (Å²) in [6, 6.07) is 6.70. The van der Waals surface area contributed by atoms with E-state index < -0.39 is 10.0 Å². The number of anilines is 1. The van der Waals surface area contributed by atoms with Gasteiger partial charge in [-0.25, -0.2) is 8.42 Å². The van der Waals surface area contributed by atoms with Gasteiger partial charge in [-0.2, -0.15) is 0 Å². The molecule has 6 nitrogen and oxygen atoms in total. The van der Waals surface area contributed by atoms with E-state index in [0.29, 0.717) is 30.1 Å². The van der Waals surface area contributed by atoms with Crippen LogP contribution in [0, 0.1) is 5.92 Å². The number of para-hydroxylation sites is 1. The van der Waals surface area contributed by atoms with Crippen molar-refractivity contribution < 1.29 is 13.2 Å². The van der Waals surface area contributed by atoms with Gasteiger partial charge in [0.25, 0.3) is 5.91 Å². The Bertz CT molecular complexity index is 625. The van der Waals surface area contributed by atoms with Gasteiger partial charge in [0.15, 0.2) is 0 Å². The molecule has 1 heterocycles. The van der Waals surface area contributed by atoms with E-state index in [1.165, 1.54) is 0 Å². The first kappa shape index (κ1) is 17.7. The van der Waals surface area contributed by atoms with Crippen LogP contribution in [0.5, 0.6) is 0 Å². The van der Waals surface area contributed by atoms with Crippen molar-refractivity contribution in [1.29, 1.82) is 0 Å². The van der Waals surface area contributed by atoms with Crippen molar-refractivity contribution in [3.8, 4) is 0 Å². The summed E-state index contributed by atoms with van der Waals surface area (Å²) in [5.41, 5.74) is 0.691. The van der Waals surface area contributed by atoms with Crippen molar-refractivity contribution in [2.75, 3.05) is 30.1 Å². The van der Waals surface area contributed by atoms with Gasteiger partial charge >= 0.3 is 0 Å². The molecular weight excluding hydrogens is 314 g/mol. The van der Waals surface area contributed by atoms with E-state index in [9.17, 15) is 13.2 Å². The highest BCUT2D eigenvalue weighted by Crippen LogP contribution is 2.17. The van der Waals surface area contributed by atoms with Gasteiger partial charge in [0.1, 0.15) is 0 Å². The van der Waals surface area contributed by atoms with Crippen molar-refractivity contribution in [1.82, 2.24) is 10.6 Å². The summed E-state index contributed by atoms with van der Waals surface area (Å²) in [4.78, 5) is 12.4. The Labute approximate surface area is 138 Å². The van der Waals surface area contributed by atoms with Crippen molar-refractivity contribution in [2.24, 2.45) is 5.92 Å². The molecule has 1 amide bonds. The molecule has 1 aromatic rings. The second kappa shape index (κ2) is 8.31. The van der Waals surface area contributed by atoms with Crippen LogP contribution in [0.2, 0.25) is 0 Å². The van der Waals surface area contributed by atoms with Gasteiger partial charge in [0.05, 0.1) is 17.0 Å². The zero-order valence-electron chi connectivity index (χ0n) is 13.5. The molecule has 0 radical (unpaired) electrons. The zero-order valence-corrected chi connectivity index (χ0v) is 14.3. The third kappa shape index (κ3) is 5.51. The first-order chi connectivity index (χ1) is 11.0. The number of hydrogen-bond acceptors (Lipinski definition) is 4. The maximum absolute atomic E-state index is 12.4. The van der Waals surface area contributed by atoms with Crippen molar-refractivity contribution in [2.45, 2.75) is 26.2 Å². The number of benzene rings is 1. The van der Waals surface area contributed by atoms with Crippen LogP contribution in [-0.4, -0.2) is 39.7 Å². The molecule has 3 N–H and O–H groups in total. The summed E-state index contributed by atoms with van der Waals surface area (Å²) < 4.78 is 26.4. The van der Waals surface area contributed by atoms with Gasteiger partial charge < -0.3 is 10.6 Å². The maximum Gasteiger partial charge on any atom is 0.253 e. The van der Waals surface area contributed by atoms with E-state index in [0.717, 1.165) is 25.9 Å². The van der Waals surface area contributed by atoms with Crippen molar-refractivity contribution in [3.05, 3.63) is 29.8 Å². The molecular formula is C16H25N3O3S. The molecule has 0 aromatic heterocycles. The number of sulfonamides is 1. The predicted molar refractivity (Wildman–Crippen MR) is 92.1 cm³/mol. The van der Waals surface area contributed by atoms with E-state index >= 15 is 0 Å². The number of nitrogens with one attached hydrogen (secondary N) is 3. The summed E-state index contributed by atoms with van der Waals surface area (Å²) in [6.07, 6.45) is 2.74. The summed E-state index contributed by atoms with van der Waals surface area (Å²) in [5.74, 6) is 0.221. The molecule has 0 bridgehead atoms. The summed E-state index contributed by atoms with van der Waals surface area (Å²) in [6.45, 7) is 4.34. The smallest absolute Gasteiger partial charge is 0.253 e. The van der Waals surface area contributed by atoms with Crippen LogP contribution in [-0.2, 0) is 10.0 Å². The lowest BCUT2D eigenvalue weighted by molar-refractivity contribution is 0.0945. The molecule has 1 saturated heterocycles. The van der Waals surface area contributed by atoms with Gasteiger partial charge in [-0.05, 0) is 50.4 Å². The Hall–Kier alpha value is -1.60. The molecule has 128 valence electrons. The minimum absolute atomic E-state index is 0.0384. The van der Waals surface area contributed by atoms with E-state index in [-0.39, 0.29) is 11.7 Å². The lowest BCUT2D eigenvalue weighted by atomic mass is 9.99.